The molecule has 3 amide bonds. The second kappa shape index (κ2) is 10.3. The van der Waals surface area contributed by atoms with Gasteiger partial charge in [-0.05, 0) is 87.3 Å². The molecule has 0 saturated carbocycles. The number of rotatable bonds is 8. The van der Waals surface area contributed by atoms with E-state index in [0.29, 0.717) is 17.2 Å². The van der Waals surface area contributed by atoms with Gasteiger partial charge in [0.1, 0.15) is 17.2 Å². The van der Waals surface area contributed by atoms with Gasteiger partial charge in [0.15, 0.2) is 0 Å². The van der Waals surface area contributed by atoms with Gasteiger partial charge in [0, 0.05) is 17.6 Å². The van der Waals surface area contributed by atoms with Gasteiger partial charge >= 0.3 is 11.5 Å². The van der Waals surface area contributed by atoms with Crippen LogP contribution in [0, 0.1) is 0 Å². The second-order valence-corrected chi connectivity index (χ2v) is 9.14. The van der Waals surface area contributed by atoms with Gasteiger partial charge in [-0.3, -0.25) is 4.79 Å². The molecule has 0 atom stereocenters. The lowest BCUT2D eigenvalue weighted by molar-refractivity contribution is -0.123. The molecule has 1 aliphatic heterocycles. The summed E-state index contributed by atoms with van der Waals surface area (Å²) in [4.78, 5) is 36.9. The largest absolute Gasteiger partial charge is 0.446 e. The standard InChI is InChI=1S/C24H24F3N5O2S/c1-5-16(14-20(28-4)30-19-8-6-7-13-29-19)15-31-22(34)32(21(33)23(31,2)3)17-9-11-18(12-10-17)35-24(25,26)27/h5-14H,4,15H2,1-3H3,(H,29,30)/b16-5+,20-14+. The SMILES string of the molecule is C=N/C(=C\C(=C/C)CN1C(=O)N(c2ccc(SC(F)(F)F)cc2)C(=O)C1(C)C)Nc1ccccn1. The molecule has 35 heavy (non-hydrogen) atoms. The van der Waals surface area contributed by atoms with E-state index in [1.807, 2.05) is 6.07 Å². The number of aliphatic imine (C=N–C) groups is 1. The number of allylic oxidation sites excluding steroid dienone is 1. The van der Waals surface area contributed by atoms with Crippen molar-refractivity contribution in [3.8, 4) is 0 Å². The molecule has 1 N–H and O–H groups in total. The van der Waals surface area contributed by atoms with Gasteiger partial charge in [-0.15, -0.1) is 0 Å². The lowest BCUT2D eigenvalue weighted by Crippen LogP contribution is -2.45. The Kier molecular flexibility index (Phi) is 7.69. The topological polar surface area (TPSA) is 77.9 Å². The molecular formula is C24H24F3N5O2S. The van der Waals surface area contributed by atoms with E-state index in [9.17, 15) is 22.8 Å². The van der Waals surface area contributed by atoms with Gasteiger partial charge in [0.2, 0.25) is 0 Å². The third-order valence-electron chi connectivity index (χ3n) is 5.28. The number of carbonyl (C=O) groups is 2. The number of nitrogens with one attached hydrogen (secondary N) is 1. The maximum absolute atomic E-state index is 13.3. The average Bonchev–Trinajstić information content (AvgIpc) is 2.97. The van der Waals surface area contributed by atoms with Crippen LogP contribution in [0.2, 0.25) is 0 Å². The smallest absolute Gasteiger partial charge is 0.325 e. The van der Waals surface area contributed by atoms with E-state index >= 15 is 0 Å². The van der Waals surface area contributed by atoms with Gasteiger partial charge in [-0.25, -0.2) is 19.7 Å². The Morgan fingerprint density at radius 2 is 1.89 bits per heavy atom. The minimum Gasteiger partial charge on any atom is -0.325 e. The number of pyridine rings is 1. The highest BCUT2D eigenvalue weighted by Crippen LogP contribution is 2.38. The average molecular weight is 504 g/mol. The normalized spacial score (nSPS) is 16.6. The molecule has 184 valence electrons. The third kappa shape index (κ3) is 6.10. The Labute approximate surface area is 205 Å². The number of anilines is 2. The zero-order valence-corrected chi connectivity index (χ0v) is 20.2. The van der Waals surface area contributed by atoms with E-state index in [4.69, 9.17) is 0 Å². The number of aromatic nitrogens is 1. The van der Waals surface area contributed by atoms with Crippen LogP contribution in [0.15, 0.2) is 82.1 Å². The van der Waals surface area contributed by atoms with Crippen LogP contribution in [0.3, 0.4) is 0 Å². The fourth-order valence-corrected chi connectivity index (χ4v) is 3.93. The number of nitrogens with zero attached hydrogens (tertiary/aromatic N) is 4. The van der Waals surface area contributed by atoms with Crippen molar-refractivity contribution in [3.63, 3.8) is 0 Å². The van der Waals surface area contributed by atoms with Crippen LogP contribution in [0.1, 0.15) is 20.8 Å². The van der Waals surface area contributed by atoms with Crippen molar-refractivity contribution in [2.45, 2.75) is 36.7 Å². The first kappa shape index (κ1) is 26.0. The molecule has 0 bridgehead atoms. The first-order valence-electron chi connectivity index (χ1n) is 10.5. The van der Waals surface area contributed by atoms with Gasteiger partial charge in [0.25, 0.3) is 5.91 Å². The highest BCUT2D eigenvalue weighted by atomic mass is 32.2. The van der Waals surface area contributed by atoms with E-state index < -0.39 is 23.0 Å². The van der Waals surface area contributed by atoms with Crippen LogP contribution in [0.4, 0.5) is 29.5 Å². The van der Waals surface area contributed by atoms with Gasteiger partial charge in [-0.2, -0.15) is 13.2 Å². The molecule has 0 spiro atoms. The molecule has 0 unspecified atom stereocenters. The summed E-state index contributed by atoms with van der Waals surface area (Å²) in [7, 11) is 0. The molecule has 1 saturated heterocycles. The van der Waals surface area contributed by atoms with Crippen molar-refractivity contribution in [3.05, 3.63) is 72.2 Å². The predicted molar refractivity (Wildman–Crippen MR) is 131 cm³/mol. The van der Waals surface area contributed by atoms with Crippen molar-refractivity contribution in [1.29, 1.82) is 0 Å². The molecule has 3 rings (SSSR count). The molecule has 0 radical (unpaired) electrons. The lowest BCUT2D eigenvalue weighted by atomic mass is 10.0. The number of hydrogen-bond acceptors (Lipinski definition) is 6. The predicted octanol–water partition coefficient (Wildman–Crippen LogP) is 5.84. The summed E-state index contributed by atoms with van der Waals surface area (Å²) in [6.45, 7) is 8.69. The number of carbonyl (C=O) groups excluding carboxylic acids is 2. The molecule has 1 aromatic heterocycles. The Hall–Kier alpha value is -3.60. The van der Waals surface area contributed by atoms with Crippen molar-refractivity contribution >= 4 is 41.9 Å². The molecule has 1 fully saturated rings. The third-order valence-corrected chi connectivity index (χ3v) is 6.02. The fourth-order valence-electron chi connectivity index (χ4n) is 3.39. The summed E-state index contributed by atoms with van der Waals surface area (Å²) in [6, 6.07) is 9.90. The molecule has 7 nitrogen and oxygen atoms in total. The number of alkyl halides is 3. The quantitative estimate of drug-likeness (QED) is 0.212. The van der Waals surface area contributed by atoms with Crippen LogP contribution >= 0.6 is 11.8 Å². The maximum atomic E-state index is 13.3. The molecule has 2 heterocycles. The van der Waals surface area contributed by atoms with Gasteiger partial charge in [0.05, 0.1) is 5.69 Å². The van der Waals surface area contributed by atoms with Crippen LogP contribution in [0.5, 0.6) is 0 Å². The second-order valence-electron chi connectivity index (χ2n) is 8.00. The molecule has 2 aromatic rings. The summed E-state index contributed by atoms with van der Waals surface area (Å²) in [5, 5.41) is 3.03. The highest BCUT2D eigenvalue weighted by molar-refractivity contribution is 8.00. The number of hydrogen-bond donors (Lipinski definition) is 1. The Bertz CT molecular complexity index is 1160. The molecule has 0 aliphatic carbocycles. The van der Waals surface area contributed by atoms with E-state index in [0.717, 1.165) is 4.90 Å². The van der Waals surface area contributed by atoms with Crippen LogP contribution in [-0.2, 0) is 4.79 Å². The summed E-state index contributed by atoms with van der Waals surface area (Å²) in [6.07, 6.45) is 5.10. The van der Waals surface area contributed by atoms with E-state index in [1.165, 1.54) is 29.2 Å². The van der Waals surface area contributed by atoms with Gasteiger partial charge in [-0.1, -0.05) is 12.1 Å². The Morgan fingerprint density at radius 1 is 1.20 bits per heavy atom. The van der Waals surface area contributed by atoms with Gasteiger partial charge < -0.3 is 10.2 Å². The zero-order valence-electron chi connectivity index (χ0n) is 19.3. The van der Waals surface area contributed by atoms with E-state index in [1.54, 1.807) is 51.3 Å². The molecule has 1 aromatic carbocycles. The minimum atomic E-state index is -4.43. The number of halogens is 3. The van der Waals surface area contributed by atoms with Crippen molar-refractivity contribution < 1.29 is 22.8 Å². The fraction of sp³-hybridized carbons (Fsp3) is 0.250. The van der Waals surface area contributed by atoms with Crippen molar-refractivity contribution in [2.75, 3.05) is 16.8 Å². The number of imide groups is 1. The Morgan fingerprint density at radius 3 is 2.43 bits per heavy atom. The summed E-state index contributed by atoms with van der Waals surface area (Å²) >= 11 is -0.264. The number of urea groups is 1. The van der Waals surface area contributed by atoms with E-state index in [-0.39, 0.29) is 28.9 Å². The summed E-state index contributed by atoms with van der Waals surface area (Å²) < 4.78 is 37.9. The van der Waals surface area contributed by atoms with E-state index in [2.05, 4.69) is 22.0 Å². The van der Waals surface area contributed by atoms with Crippen molar-refractivity contribution in [2.24, 2.45) is 4.99 Å². The zero-order chi connectivity index (χ0) is 25.8. The number of benzene rings is 1. The minimum absolute atomic E-state index is 0.0392. The molecule has 11 heteroatoms. The first-order chi connectivity index (χ1) is 16.5. The Balaban J connectivity index is 1.82. The summed E-state index contributed by atoms with van der Waals surface area (Å²) in [5.74, 6) is 0.488. The van der Waals surface area contributed by atoms with Crippen LogP contribution in [-0.4, -0.2) is 46.1 Å². The molecule has 1 aliphatic rings. The maximum Gasteiger partial charge on any atom is 0.446 e. The lowest BCUT2D eigenvalue weighted by Gasteiger charge is -2.28. The number of amides is 3. The molecular weight excluding hydrogens is 479 g/mol. The first-order valence-corrected chi connectivity index (χ1v) is 11.3. The van der Waals surface area contributed by atoms with Crippen LogP contribution in [0.25, 0.3) is 0 Å². The number of thioether (sulfide) groups is 1. The monoisotopic (exact) mass is 503 g/mol. The van der Waals surface area contributed by atoms with Crippen molar-refractivity contribution in [1.82, 2.24) is 9.88 Å². The highest BCUT2D eigenvalue weighted by Gasteiger charge is 2.51. The van der Waals surface area contributed by atoms with Crippen LogP contribution < -0.4 is 10.2 Å². The summed E-state index contributed by atoms with van der Waals surface area (Å²) in [5.41, 5.74) is -4.73.